The summed E-state index contributed by atoms with van der Waals surface area (Å²) in [5.74, 6) is 0. The van der Waals surface area contributed by atoms with Gasteiger partial charge in [-0.3, -0.25) is 0 Å². The van der Waals surface area contributed by atoms with Crippen molar-refractivity contribution in [1.29, 1.82) is 5.26 Å². The third kappa shape index (κ3) is 3.25. The lowest BCUT2D eigenvalue weighted by Crippen LogP contribution is -2.00. The van der Waals surface area contributed by atoms with Gasteiger partial charge in [0.15, 0.2) is 0 Å². The minimum Gasteiger partial charge on any atom is -0.380 e. The quantitative estimate of drug-likeness (QED) is 0.897. The van der Waals surface area contributed by atoms with Crippen LogP contribution in [-0.2, 0) is 6.54 Å². The van der Waals surface area contributed by atoms with E-state index in [1.54, 1.807) is 18.2 Å². The van der Waals surface area contributed by atoms with Gasteiger partial charge in [0.25, 0.3) is 0 Å². The lowest BCUT2D eigenvalue weighted by atomic mass is 10.2. The van der Waals surface area contributed by atoms with Gasteiger partial charge in [-0.15, -0.1) is 0 Å². The van der Waals surface area contributed by atoms with Gasteiger partial charge in [0.2, 0.25) is 0 Å². The molecule has 0 spiro atoms. The van der Waals surface area contributed by atoms with Crippen molar-refractivity contribution in [3.05, 3.63) is 63.1 Å². The first-order valence-corrected chi connectivity index (χ1v) is 6.54. The predicted molar refractivity (Wildman–Crippen MR) is 77.6 cm³/mol. The highest BCUT2D eigenvalue weighted by molar-refractivity contribution is 9.10. The van der Waals surface area contributed by atoms with Crippen molar-refractivity contribution in [2.45, 2.75) is 6.54 Å². The summed E-state index contributed by atoms with van der Waals surface area (Å²) < 4.78 is 1.04. The molecule has 0 aliphatic heterocycles. The maximum atomic E-state index is 8.85. The molecule has 0 radical (unpaired) electrons. The van der Waals surface area contributed by atoms with Crippen molar-refractivity contribution in [1.82, 2.24) is 0 Å². The first-order valence-electron chi connectivity index (χ1n) is 5.37. The minimum absolute atomic E-state index is 0.594. The molecule has 0 atom stereocenters. The van der Waals surface area contributed by atoms with Crippen molar-refractivity contribution < 1.29 is 0 Å². The van der Waals surface area contributed by atoms with E-state index in [1.165, 1.54) is 0 Å². The van der Waals surface area contributed by atoms with E-state index < -0.39 is 0 Å². The third-order valence-electron chi connectivity index (χ3n) is 2.47. The van der Waals surface area contributed by atoms with Crippen LogP contribution in [0.2, 0.25) is 5.02 Å². The summed E-state index contributed by atoms with van der Waals surface area (Å²) in [6.45, 7) is 0.661. The van der Waals surface area contributed by atoms with Crippen LogP contribution in [0.25, 0.3) is 0 Å². The standard InChI is InChI=1S/C14H10BrClN2/c15-12-3-1-2-11(6-12)9-18-14-7-10(8-17)4-5-13(14)16/h1-7,18H,9H2. The summed E-state index contributed by atoms with van der Waals surface area (Å²) >= 11 is 9.50. The molecule has 0 aliphatic rings. The Labute approximate surface area is 119 Å². The number of rotatable bonds is 3. The summed E-state index contributed by atoms with van der Waals surface area (Å²) in [6.07, 6.45) is 0. The molecule has 0 aliphatic carbocycles. The molecule has 90 valence electrons. The molecule has 0 unspecified atom stereocenters. The number of nitrogens with zero attached hydrogens (tertiary/aromatic N) is 1. The largest absolute Gasteiger partial charge is 0.380 e. The number of anilines is 1. The SMILES string of the molecule is N#Cc1ccc(Cl)c(NCc2cccc(Br)c2)c1. The fourth-order valence-electron chi connectivity index (χ4n) is 1.57. The van der Waals surface area contributed by atoms with Crippen molar-refractivity contribution in [2.75, 3.05) is 5.32 Å². The zero-order valence-electron chi connectivity index (χ0n) is 9.45. The van der Waals surface area contributed by atoms with E-state index in [4.69, 9.17) is 16.9 Å². The molecule has 0 fully saturated rings. The Kier molecular flexibility index (Phi) is 4.24. The van der Waals surface area contributed by atoms with Crippen molar-refractivity contribution in [3.8, 4) is 6.07 Å². The van der Waals surface area contributed by atoms with Gasteiger partial charge < -0.3 is 5.32 Å². The molecule has 0 saturated heterocycles. The summed E-state index contributed by atoms with van der Waals surface area (Å²) in [4.78, 5) is 0. The van der Waals surface area contributed by atoms with Crippen LogP contribution >= 0.6 is 27.5 Å². The molecule has 0 heterocycles. The van der Waals surface area contributed by atoms with Crippen LogP contribution in [0.1, 0.15) is 11.1 Å². The number of nitrogens with one attached hydrogen (secondary N) is 1. The molecule has 1 N–H and O–H groups in total. The number of nitriles is 1. The highest BCUT2D eigenvalue weighted by atomic mass is 79.9. The maximum absolute atomic E-state index is 8.85. The Hall–Kier alpha value is -1.50. The summed E-state index contributed by atoms with van der Waals surface area (Å²) in [7, 11) is 0. The van der Waals surface area contributed by atoms with Crippen LogP contribution in [0.15, 0.2) is 46.9 Å². The van der Waals surface area contributed by atoms with Gasteiger partial charge >= 0.3 is 0 Å². The number of benzene rings is 2. The second-order valence-electron chi connectivity index (χ2n) is 3.79. The molecular weight excluding hydrogens is 312 g/mol. The molecule has 0 amide bonds. The molecule has 2 rings (SSSR count). The summed E-state index contributed by atoms with van der Waals surface area (Å²) in [5.41, 5.74) is 2.51. The van der Waals surface area contributed by atoms with Gasteiger partial charge in [0.1, 0.15) is 0 Å². The lowest BCUT2D eigenvalue weighted by Gasteiger charge is -2.09. The van der Waals surface area contributed by atoms with Crippen LogP contribution < -0.4 is 5.32 Å². The average molecular weight is 322 g/mol. The van der Waals surface area contributed by atoms with Crippen molar-refractivity contribution in [2.24, 2.45) is 0 Å². The predicted octanol–water partition coefficient (Wildman–Crippen LogP) is 4.59. The molecule has 0 bridgehead atoms. The zero-order chi connectivity index (χ0) is 13.0. The molecule has 2 nitrogen and oxygen atoms in total. The zero-order valence-corrected chi connectivity index (χ0v) is 11.8. The van der Waals surface area contributed by atoms with Crippen LogP contribution in [0.4, 0.5) is 5.69 Å². The van der Waals surface area contributed by atoms with Crippen LogP contribution in [-0.4, -0.2) is 0 Å². The molecule has 2 aromatic rings. The fraction of sp³-hybridized carbons (Fsp3) is 0.0714. The Morgan fingerprint density at radius 2 is 2.06 bits per heavy atom. The Morgan fingerprint density at radius 1 is 1.22 bits per heavy atom. The Balaban J connectivity index is 2.13. The second-order valence-corrected chi connectivity index (χ2v) is 5.11. The molecule has 18 heavy (non-hydrogen) atoms. The summed E-state index contributed by atoms with van der Waals surface area (Å²) in [6, 6.07) is 15.3. The van der Waals surface area contributed by atoms with Gasteiger partial charge in [0.05, 0.1) is 22.3 Å². The fourth-order valence-corrected chi connectivity index (χ4v) is 2.21. The van der Waals surface area contributed by atoms with Crippen LogP contribution in [0.3, 0.4) is 0 Å². The van der Waals surface area contributed by atoms with Gasteiger partial charge in [-0.1, -0.05) is 39.7 Å². The highest BCUT2D eigenvalue weighted by Crippen LogP contribution is 2.23. The van der Waals surface area contributed by atoms with Crippen molar-refractivity contribution in [3.63, 3.8) is 0 Å². The number of hydrogen-bond acceptors (Lipinski definition) is 2. The van der Waals surface area contributed by atoms with Crippen LogP contribution in [0.5, 0.6) is 0 Å². The monoisotopic (exact) mass is 320 g/mol. The van der Waals surface area contributed by atoms with E-state index in [0.717, 1.165) is 15.7 Å². The highest BCUT2D eigenvalue weighted by Gasteiger charge is 2.02. The molecule has 0 aromatic heterocycles. The topological polar surface area (TPSA) is 35.8 Å². The third-order valence-corrected chi connectivity index (χ3v) is 3.29. The minimum atomic E-state index is 0.594. The maximum Gasteiger partial charge on any atom is 0.0992 e. The molecule has 2 aromatic carbocycles. The van der Waals surface area contributed by atoms with Gasteiger partial charge in [-0.05, 0) is 35.9 Å². The van der Waals surface area contributed by atoms with E-state index in [0.29, 0.717) is 17.1 Å². The number of hydrogen-bond donors (Lipinski definition) is 1. The van der Waals surface area contributed by atoms with E-state index in [1.807, 2.05) is 24.3 Å². The molecule has 0 saturated carbocycles. The Morgan fingerprint density at radius 3 is 2.78 bits per heavy atom. The van der Waals surface area contributed by atoms with Crippen LogP contribution in [0, 0.1) is 11.3 Å². The van der Waals surface area contributed by atoms with Gasteiger partial charge in [-0.25, -0.2) is 0 Å². The van der Waals surface area contributed by atoms with E-state index >= 15 is 0 Å². The van der Waals surface area contributed by atoms with Gasteiger partial charge in [0, 0.05) is 11.0 Å². The first-order chi connectivity index (χ1) is 8.69. The number of halogens is 2. The molecular formula is C14H10BrClN2. The van der Waals surface area contributed by atoms with E-state index in [-0.39, 0.29) is 0 Å². The first kappa shape index (κ1) is 12.9. The average Bonchev–Trinajstić information content (AvgIpc) is 2.38. The normalized spacial score (nSPS) is 9.83. The lowest BCUT2D eigenvalue weighted by molar-refractivity contribution is 1.15. The second kappa shape index (κ2) is 5.90. The summed E-state index contributed by atoms with van der Waals surface area (Å²) in [5, 5.41) is 12.7. The van der Waals surface area contributed by atoms with Crippen molar-refractivity contribution >= 4 is 33.2 Å². The van der Waals surface area contributed by atoms with Gasteiger partial charge in [-0.2, -0.15) is 5.26 Å². The molecule has 4 heteroatoms. The van der Waals surface area contributed by atoms with E-state index in [9.17, 15) is 0 Å². The smallest absolute Gasteiger partial charge is 0.0992 e. The Bertz CT molecular complexity index is 605. The van der Waals surface area contributed by atoms with E-state index in [2.05, 4.69) is 27.3 Å².